The lowest BCUT2D eigenvalue weighted by molar-refractivity contribution is -0.131. The minimum atomic E-state index is -0.893. The highest BCUT2D eigenvalue weighted by atomic mass is 16.4. The Labute approximate surface area is 94.8 Å². The van der Waals surface area contributed by atoms with Crippen molar-refractivity contribution in [3.8, 4) is 0 Å². The number of nitrogens with one attached hydrogen (secondary N) is 1. The number of carbonyl (C=O) groups is 1. The Morgan fingerprint density at radius 3 is 3.06 bits per heavy atom. The first-order valence-corrected chi connectivity index (χ1v) is 5.45. The van der Waals surface area contributed by atoms with E-state index in [0.29, 0.717) is 12.5 Å². The molecule has 0 saturated heterocycles. The third-order valence-corrected chi connectivity index (χ3v) is 2.87. The molecule has 0 aliphatic heterocycles. The largest absolute Gasteiger partial charge is 0.478 e. The van der Waals surface area contributed by atoms with Gasteiger partial charge in [-0.2, -0.15) is 0 Å². The summed E-state index contributed by atoms with van der Waals surface area (Å²) in [6.07, 6.45) is 3.93. The minimum Gasteiger partial charge on any atom is -0.478 e. The van der Waals surface area contributed by atoms with Crippen molar-refractivity contribution in [3.63, 3.8) is 0 Å². The highest BCUT2D eigenvalue weighted by Gasteiger charge is 2.24. The molecule has 1 aromatic carbocycles. The van der Waals surface area contributed by atoms with Crippen LogP contribution in [0.3, 0.4) is 0 Å². The van der Waals surface area contributed by atoms with Gasteiger partial charge in [0, 0.05) is 25.1 Å². The first kappa shape index (κ1) is 10.9. The monoisotopic (exact) mass is 217 g/mol. The molecule has 16 heavy (non-hydrogen) atoms. The molecule has 1 aliphatic carbocycles. The Morgan fingerprint density at radius 1 is 1.50 bits per heavy atom. The molecular weight excluding hydrogens is 202 g/mol. The van der Waals surface area contributed by atoms with Gasteiger partial charge in [-0.05, 0) is 17.5 Å². The van der Waals surface area contributed by atoms with Crippen LogP contribution >= 0.6 is 0 Å². The molecule has 2 N–H and O–H groups in total. The quantitative estimate of drug-likeness (QED) is 0.581. The predicted octanol–water partition coefficient (Wildman–Crippen LogP) is 1.56. The van der Waals surface area contributed by atoms with Gasteiger partial charge in [0.15, 0.2) is 0 Å². The van der Waals surface area contributed by atoms with Crippen molar-refractivity contribution >= 4 is 5.97 Å². The average molecular weight is 217 g/mol. The molecule has 0 spiro atoms. The molecule has 84 valence electrons. The van der Waals surface area contributed by atoms with E-state index in [1.807, 2.05) is 0 Å². The van der Waals surface area contributed by atoms with Gasteiger partial charge >= 0.3 is 5.97 Å². The Bertz CT molecular complexity index is 412. The summed E-state index contributed by atoms with van der Waals surface area (Å²) in [5, 5.41) is 11.6. The molecule has 3 heteroatoms. The fourth-order valence-electron chi connectivity index (χ4n) is 2.05. The maximum Gasteiger partial charge on any atom is 0.328 e. The molecular formula is C13H15NO2. The molecule has 1 aromatic rings. The van der Waals surface area contributed by atoms with Crippen LogP contribution in [0.1, 0.15) is 17.0 Å². The van der Waals surface area contributed by atoms with E-state index in [2.05, 4.69) is 29.6 Å². The Kier molecular flexibility index (Phi) is 3.37. The van der Waals surface area contributed by atoms with E-state index in [4.69, 9.17) is 5.11 Å². The van der Waals surface area contributed by atoms with Crippen LogP contribution in [0.5, 0.6) is 0 Å². The first-order valence-electron chi connectivity index (χ1n) is 5.45. The smallest absolute Gasteiger partial charge is 0.328 e. The number of fused-ring (bicyclic) bond motifs is 1. The second kappa shape index (κ2) is 4.94. The van der Waals surface area contributed by atoms with Crippen LogP contribution in [-0.2, 0) is 11.2 Å². The van der Waals surface area contributed by atoms with Crippen LogP contribution in [0.25, 0.3) is 0 Å². The van der Waals surface area contributed by atoms with Gasteiger partial charge in [-0.1, -0.05) is 30.3 Å². The van der Waals surface area contributed by atoms with Gasteiger partial charge in [-0.15, -0.1) is 0 Å². The van der Waals surface area contributed by atoms with Gasteiger partial charge in [-0.3, -0.25) is 0 Å². The lowest BCUT2D eigenvalue weighted by Crippen LogP contribution is -2.29. The van der Waals surface area contributed by atoms with E-state index in [0.717, 1.165) is 13.0 Å². The number of benzene rings is 1. The molecule has 2 rings (SSSR count). The van der Waals surface area contributed by atoms with Gasteiger partial charge < -0.3 is 10.4 Å². The summed E-state index contributed by atoms with van der Waals surface area (Å²) in [5.74, 6) is -0.301. The van der Waals surface area contributed by atoms with Crippen molar-refractivity contribution in [3.05, 3.63) is 47.5 Å². The number of rotatable bonds is 5. The van der Waals surface area contributed by atoms with Crippen molar-refractivity contribution in [2.45, 2.75) is 12.3 Å². The third kappa shape index (κ3) is 2.49. The number of carboxylic acid groups (broad SMARTS) is 1. The van der Waals surface area contributed by atoms with Crippen molar-refractivity contribution in [2.24, 2.45) is 0 Å². The summed E-state index contributed by atoms with van der Waals surface area (Å²) < 4.78 is 0. The van der Waals surface area contributed by atoms with Crippen LogP contribution in [-0.4, -0.2) is 24.2 Å². The molecule has 3 nitrogen and oxygen atoms in total. The van der Waals surface area contributed by atoms with Crippen LogP contribution in [0.15, 0.2) is 36.4 Å². The van der Waals surface area contributed by atoms with E-state index >= 15 is 0 Å². The van der Waals surface area contributed by atoms with Gasteiger partial charge in [-0.25, -0.2) is 4.79 Å². The van der Waals surface area contributed by atoms with Crippen molar-refractivity contribution in [1.29, 1.82) is 0 Å². The summed E-state index contributed by atoms with van der Waals surface area (Å²) in [6.45, 7) is 1.53. The zero-order valence-corrected chi connectivity index (χ0v) is 9.02. The fraction of sp³-hybridized carbons (Fsp3) is 0.308. The second-order valence-electron chi connectivity index (χ2n) is 4.00. The standard InChI is InChI=1S/C13H15NO2/c15-13(16)6-3-7-14-9-11-8-10-4-1-2-5-12(10)11/h1-6,11,14H,7-9H2,(H,15,16)/b6-3+. The highest BCUT2D eigenvalue weighted by molar-refractivity contribution is 5.79. The van der Waals surface area contributed by atoms with E-state index in [-0.39, 0.29) is 0 Å². The number of aliphatic carboxylic acids is 1. The van der Waals surface area contributed by atoms with Crippen LogP contribution in [0, 0.1) is 0 Å². The molecule has 0 radical (unpaired) electrons. The third-order valence-electron chi connectivity index (χ3n) is 2.87. The minimum absolute atomic E-state index is 0.592. The molecule has 0 bridgehead atoms. The maximum absolute atomic E-state index is 10.2. The number of hydrogen-bond donors (Lipinski definition) is 2. The molecule has 1 aliphatic rings. The van der Waals surface area contributed by atoms with Crippen LogP contribution in [0.2, 0.25) is 0 Å². The Morgan fingerprint density at radius 2 is 2.31 bits per heavy atom. The van der Waals surface area contributed by atoms with E-state index in [1.165, 1.54) is 17.2 Å². The zero-order chi connectivity index (χ0) is 11.4. The summed E-state index contributed by atoms with van der Waals surface area (Å²) in [6, 6.07) is 8.46. The topological polar surface area (TPSA) is 49.3 Å². The van der Waals surface area contributed by atoms with Gasteiger partial charge in [0.1, 0.15) is 0 Å². The molecule has 0 saturated carbocycles. The molecule has 0 heterocycles. The van der Waals surface area contributed by atoms with Gasteiger partial charge in [0.2, 0.25) is 0 Å². The van der Waals surface area contributed by atoms with Crippen molar-refractivity contribution < 1.29 is 9.90 Å². The van der Waals surface area contributed by atoms with E-state index in [9.17, 15) is 4.79 Å². The van der Waals surface area contributed by atoms with Crippen LogP contribution in [0.4, 0.5) is 0 Å². The molecule has 1 atom stereocenters. The lowest BCUT2D eigenvalue weighted by Gasteiger charge is -2.30. The highest BCUT2D eigenvalue weighted by Crippen LogP contribution is 2.33. The Hall–Kier alpha value is -1.61. The predicted molar refractivity (Wildman–Crippen MR) is 62.5 cm³/mol. The summed E-state index contributed by atoms with van der Waals surface area (Å²) in [7, 11) is 0. The van der Waals surface area contributed by atoms with Gasteiger partial charge in [0.05, 0.1) is 0 Å². The Balaban J connectivity index is 1.72. The zero-order valence-electron chi connectivity index (χ0n) is 9.02. The first-order chi connectivity index (χ1) is 7.77. The summed E-state index contributed by atoms with van der Waals surface area (Å²) >= 11 is 0. The summed E-state index contributed by atoms with van der Waals surface area (Å²) in [5.41, 5.74) is 2.87. The average Bonchev–Trinajstić information content (AvgIpc) is 2.23. The SMILES string of the molecule is O=C(O)/C=C/CNCC1Cc2ccccc21. The molecule has 0 aromatic heterocycles. The number of hydrogen-bond acceptors (Lipinski definition) is 2. The van der Waals surface area contributed by atoms with Crippen LogP contribution < -0.4 is 5.32 Å². The van der Waals surface area contributed by atoms with E-state index in [1.54, 1.807) is 6.08 Å². The van der Waals surface area contributed by atoms with Crippen molar-refractivity contribution in [2.75, 3.05) is 13.1 Å². The fourth-order valence-corrected chi connectivity index (χ4v) is 2.05. The molecule has 0 amide bonds. The second-order valence-corrected chi connectivity index (χ2v) is 4.00. The lowest BCUT2D eigenvalue weighted by atomic mass is 9.78. The van der Waals surface area contributed by atoms with Gasteiger partial charge in [0.25, 0.3) is 0 Å². The van der Waals surface area contributed by atoms with E-state index < -0.39 is 5.97 Å². The molecule has 0 fully saturated rings. The van der Waals surface area contributed by atoms with Crippen molar-refractivity contribution in [1.82, 2.24) is 5.32 Å². The maximum atomic E-state index is 10.2. The molecule has 1 unspecified atom stereocenters. The summed E-state index contributed by atoms with van der Waals surface area (Å²) in [4.78, 5) is 10.2. The normalized spacial score (nSPS) is 18.1. The number of carboxylic acids is 1.